The Bertz CT molecular complexity index is 708. The molecule has 3 rings (SSSR count). The molecule has 0 saturated heterocycles. The highest BCUT2D eigenvalue weighted by Gasteiger charge is 2.53. The second-order valence-corrected chi connectivity index (χ2v) is 5.86. The number of likely N-dealkylation sites (N-methyl/N-ethyl adjacent to an activating group) is 1. The molecule has 1 N–H and O–H groups in total. The van der Waals surface area contributed by atoms with Crippen molar-refractivity contribution in [1.82, 2.24) is 0 Å². The quantitative estimate of drug-likeness (QED) is 0.917. The lowest BCUT2D eigenvalue weighted by atomic mass is 9.67. The minimum atomic E-state index is -0.823. The van der Waals surface area contributed by atoms with Crippen molar-refractivity contribution in [3.05, 3.63) is 59.7 Å². The molecule has 1 heterocycles. The van der Waals surface area contributed by atoms with Crippen molar-refractivity contribution in [1.29, 1.82) is 0 Å². The topological polar surface area (TPSA) is 40.5 Å². The Hall–Kier alpha value is -2.29. The fraction of sp³-hybridized carbons (Fsp3) is 0.278. The van der Waals surface area contributed by atoms with Gasteiger partial charge in [0.1, 0.15) is 11.2 Å². The van der Waals surface area contributed by atoms with Crippen molar-refractivity contribution in [2.75, 3.05) is 11.9 Å². The molecule has 0 saturated carbocycles. The van der Waals surface area contributed by atoms with Crippen LogP contribution in [0.4, 0.5) is 5.69 Å². The molecule has 1 aliphatic heterocycles. The molecule has 1 aliphatic rings. The van der Waals surface area contributed by atoms with Crippen LogP contribution in [0.2, 0.25) is 0 Å². The lowest BCUT2D eigenvalue weighted by molar-refractivity contribution is -0.122. The van der Waals surface area contributed by atoms with Gasteiger partial charge in [-0.3, -0.25) is 4.79 Å². The summed E-state index contributed by atoms with van der Waals surface area (Å²) in [5.74, 6) is 0.217. The number of anilines is 1. The Morgan fingerprint density at radius 3 is 2.19 bits per heavy atom. The van der Waals surface area contributed by atoms with Gasteiger partial charge in [0.25, 0.3) is 0 Å². The summed E-state index contributed by atoms with van der Waals surface area (Å²) in [5.41, 5.74) is 1.74. The first-order valence-corrected chi connectivity index (χ1v) is 7.17. The Morgan fingerprint density at radius 2 is 1.57 bits per heavy atom. The summed E-state index contributed by atoms with van der Waals surface area (Å²) in [6.45, 7) is 4.06. The number of hydrogen-bond acceptors (Lipinski definition) is 2. The van der Waals surface area contributed by atoms with Crippen LogP contribution >= 0.6 is 0 Å². The molecule has 0 radical (unpaired) electrons. The van der Waals surface area contributed by atoms with Gasteiger partial charge in [-0.1, -0.05) is 50.2 Å². The summed E-state index contributed by atoms with van der Waals surface area (Å²) in [4.78, 5) is 14.8. The van der Waals surface area contributed by atoms with E-state index in [1.807, 2.05) is 50.2 Å². The maximum Gasteiger partial charge on any atom is 0.242 e. The van der Waals surface area contributed by atoms with E-state index in [2.05, 4.69) is 0 Å². The van der Waals surface area contributed by atoms with Crippen molar-refractivity contribution in [2.24, 2.45) is 5.92 Å². The van der Waals surface area contributed by atoms with E-state index >= 15 is 0 Å². The van der Waals surface area contributed by atoms with Crippen LogP contribution in [-0.4, -0.2) is 18.1 Å². The molecule has 108 valence electrons. The Balaban J connectivity index is 2.39. The number of benzene rings is 2. The monoisotopic (exact) mass is 281 g/mol. The average molecular weight is 281 g/mol. The first-order valence-electron chi connectivity index (χ1n) is 7.17. The highest BCUT2D eigenvalue weighted by Crippen LogP contribution is 2.51. The van der Waals surface area contributed by atoms with E-state index in [0.29, 0.717) is 5.56 Å². The molecular weight excluding hydrogens is 262 g/mol. The molecule has 1 unspecified atom stereocenters. The molecule has 3 heteroatoms. The molecule has 1 atom stereocenters. The van der Waals surface area contributed by atoms with Gasteiger partial charge in [-0.15, -0.1) is 0 Å². The van der Waals surface area contributed by atoms with Crippen molar-refractivity contribution >= 4 is 11.6 Å². The second-order valence-electron chi connectivity index (χ2n) is 5.86. The van der Waals surface area contributed by atoms with Gasteiger partial charge < -0.3 is 10.0 Å². The highest BCUT2D eigenvalue weighted by atomic mass is 16.3. The number of carbonyl (C=O) groups is 1. The van der Waals surface area contributed by atoms with Gasteiger partial charge in [-0.25, -0.2) is 0 Å². The molecule has 0 aliphatic carbocycles. The Labute approximate surface area is 124 Å². The van der Waals surface area contributed by atoms with E-state index in [0.717, 1.165) is 11.3 Å². The number of amides is 1. The number of phenols is 1. The maximum atomic E-state index is 13.1. The van der Waals surface area contributed by atoms with E-state index in [1.165, 1.54) is 0 Å². The molecule has 2 aromatic carbocycles. The van der Waals surface area contributed by atoms with Crippen LogP contribution in [0.5, 0.6) is 5.75 Å². The molecule has 0 spiro atoms. The van der Waals surface area contributed by atoms with E-state index in [9.17, 15) is 9.90 Å². The number of aromatic hydroxyl groups is 1. The van der Waals surface area contributed by atoms with Crippen LogP contribution in [0.3, 0.4) is 0 Å². The molecule has 1 amide bonds. The summed E-state index contributed by atoms with van der Waals surface area (Å²) in [6, 6.07) is 15.0. The van der Waals surface area contributed by atoms with Crippen LogP contribution in [0.25, 0.3) is 0 Å². The molecule has 0 aromatic heterocycles. The molecule has 0 fully saturated rings. The Morgan fingerprint density at radius 1 is 1.00 bits per heavy atom. The fourth-order valence-corrected chi connectivity index (χ4v) is 3.53. The molecular formula is C18H19NO2. The maximum absolute atomic E-state index is 13.1. The lowest BCUT2D eigenvalue weighted by Gasteiger charge is -2.33. The summed E-state index contributed by atoms with van der Waals surface area (Å²) in [5, 5.41) is 10.3. The van der Waals surface area contributed by atoms with Crippen molar-refractivity contribution in [3.8, 4) is 5.75 Å². The summed E-state index contributed by atoms with van der Waals surface area (Å²) in [7, 11) is 1.80. The van der Waals surface area contributed by atoms with Gasteiger partial charge in [-0.05, 0) is 23.6 Å². The Kier molecular flexibility index (Phi) is 3.01. The van der Waals surface area contributed by atoms with Gasteiger partial charge in [0.05, 0.1) is 0 Å². The van der Waals surface area contributed by atoms with Gasteiger partial charge in [-0.2, -0.15) is 0 Å². The zero-order chi connectivity index (χ0) is 15.2. The zero-order valence-corrected chi connectivity index (χ0v) is 12.5. The lowest BCUT2D eigenvalue weighted by Crippen LogP contribution is -2.43. The minimum absolute atomic E-state index is 0.0141. The standard InChI is InChI=1S/C18H19NO2/c1-12(2)18(14-9-5-7-11-16(14)20)13-8-4-6-10-15(13)19(3)17(18)21/h4-12,20H,1-3H3. The summed E-state index contributed by atoms with van der Waals surface area (Å²) < 4.78 is 0. The van der Waals surface area contributed by atoms with E-state index in [1.54, 1.807) is 24.1 Å². The third-order valence-corrected chi connectivity index (χ3v) is 4.53. The average Bonchev–Trinajstić information content (AvgIpc) is 2.70. The molecule has 3 nitrogen and oxygen atoms in total. The van der Waals surface area contributed by atoms with Crippen LogP contribution in [0.15, 0.2) is 48.5 Å². The SMILES string of the molecule is CC(C)C1(c2ccccc2O)C(=O)N(C)c2ccccc21. The predicted molar refractivity (Wildman–Crippen MR) is 83.6 cm³/mol. The van der Waals surface area contributed by atoms with E-state index in [-0.39, 0.29) is 17.6 Å². The minimum Gasteiger partial charge on any atom is -0.508 e. The van der Waals surface area contributed by atoms with Gasteiger partial charge in [0, 0.05) is 18.3 Å². The molecule has 21 heavy (non-hydrogen) atoms. The number of rotatable bonds is 2. The number of nitrogens with zero attached hydrogens (tertiary/aromatic N) is 1. The van der Waals surface area contributed by atoms with Crippen molar-refractivity contribution in [2.45, 2.75) is 19.3 Å². The largest absolute Gasteiger partial charge is 0.508 e. The number of para-hydroxylation sites is 2. The van der Waals surface area contributed by atoms with Crippen LogP contribution in [0.1, 0.15) is 25.0 Å². The highest BCUT2D eigenvalue weighted by molar-refractivity contribution is 6.10. The third-order valence-electron chi connectivity index (χ3n) is 4.53. The number of carbonyl (C=O) groups excluding carboxylic acids is 1. The smallest absolute Gasteiger partial charge is 0.242 e. The van der Waals surface area contributed by atoms with Crippen LogP contribution < -0.4 is 4.90 Å². The molecule has 2 aromatic rings. The van der Waals surface area contributed by atoms with Crippen LogP contribution in [0, 0.1) is 5.92 Å². The van der Waals surface area contributed by atoms with Crippen LogP contribution in [-0.2, 0) is 10.2 Å². The van der Waals surface area contributed by atoms with Gasteiger partial charge in [0.15, 0.2) is 0 Å². The van der Waals surface area contributed by atoms with E-state index < -0.39 is 5.41 Å². The molecule has 0 bridgehead atoms. The van der Waals surface area contributed by atoms with Crippen molar-refractivity contribution in [3.63, 3.8) is 0 Å². The number of fused-ring (bicyclic) bond motifs is 1. The van der Waals surface area contributed by atoms with Gasteiger partial charge in [0.2, 0.25) is 5.91 Å². The van der Waals surface area contributed by atoms with Crippen molar-refractivity contribution < 1.29 is 9.90 Å². The van der Waals surface area contributed by atoms with Gasteiger partial charge >= 0.3 is 0 Å². The normalized spacial score (nSPS) is 21.0. The van der Waals surface area contributed by atoms with E-state index in [4.69, 9.17) is 0 Å². The second kappa shape index (κ2) is 4.62. The predicted octanol–water partition coefficient (Wildman–Crippen LogP) is 3.31. The number of phenolic OH excluding ortho intramolecular Hbond substituents is 1. The number of hydrogen-bond donors (Lipinski definition) is 1. The summed E-state index contributed by atoms with van der Waals surface area (Å²) in [6.07, 6.45) is 0. The summed E-state index contributed by atoms with van der Waals surface area (Å²) >= 11 is 0. The first kappa shape index (κ1) is 13.7. The fourth-order valence-electron chi connectivity index (χ4n) is 3.53. The third kappa shape index (κ3) is 1.63. The first-order chi connectivity index (χ1) is 10.0. The zero-order valence-electron chi connectivity index (χ0n) is 12.5.